The third-order valence-corrected chi connectivity index (χ3v) is 6.03. The van der Waals surface area contributed by atoms with Gasteiger partial charge >= 0.3 is 0 Å². The summed E-state index contributed by atoms with van der Waals surface area (Å²) in [5, 5.41) is 2.90. The van der Waals surface area contributed by atoms with E-state index in [-0.39, 0.29) is 30.3 Å². The van der Waals surface area contributed by atoms with Crippen molar-refractivity contribution in [3.05, 3.63) is 65.5 Å². The SMILES string of the molecule is CC(C)c1ccc(C(=O)NC(Cc2ccncc2)C(=O)N2CCC3OCC(=O)C32)cc1. The van der Waals surface area contributed by atoms with Gasteiger partial charge in [-0.25, -0.2) is 0 Å². The van der Waals surface area contributed by atoms with Crippen LogP contribution in [0.5, 0.6) is 0 Å². The van der Waals surface area contributed by atoms with Crippen LogP contribution in [0, 0.1) is 0 Å². The summed E-state index contributed by atoms with van der Waals surface area (Å²) in [7, 11) is 0. The Hall–Kier alpha value is -3.06. The van der Waals surface area contributed by atoms with Crippen molar-refractivity contribution in [2.45, 2.75) is 50.8 Å². The average Bonchev–Trinajstić information content (AvgIpc) is 3.36. The number of hydrogen-bond donors (Lipinski definition) is 1. The van der Waals surface area contributed by atoms with Crippen LogP contribution >= 0.6 is 0 Å². The first kappa shape index (κ1) is 21.2. The van der Waals surface area contributed by atoms with Gasteiger partial charge in [-0.2, -0.15) is 0 Å². The predicted molar refractivity (Wildman–Crippen MR) is 115 cm³/mol. The summed E-state index contributed by atoms with van der Waals surface area (Å²) in [5.74, 6) is -0.274. The Labute approximate surface area is 181 Å². The lowest BCUT2D eigenvalue weighted by Crippen LogP contribution is -2.53. The van der Waals surface area contributed by atoms with Crippen molar-refractivity contribution < 1.29 is 19.1 Å². The lowest BCUT2D eigenvalue weighted by atomic mass is 10.0. The number of Topliss-reactive ketones (excluding diaryl/α,β-unsaturated/α-hetero) is 1. The quantitative estimate of drug-likeness (QED) is 0.772. The van der Waals surface area contributed by atoms with E-state index in [1.807, 2.05) is 24.3 Å². The molecule has 0 spiro atoms. The summed E-state index contributed by atoms with van der Waals surface area (Å²) in [6.45, 7) is 4.68. The number of carbonyl (C=O) groups is 3. The second kappa shape index (κ2) is 8.98. The summed E-state index contributed by atoms with van der Waals surface area (Å²) >= 11 is 0. The first-order chi connectivity index (χ1) is 14.9. The Bertz CT molecular complexity index is 959. The summed E-state index contributed by atoms with van der Waals surface area (Å²) in [4.78, 5) is 44.2. The molecule has 2 fully saturated rings. The van der Waals surface area contributed by atoms with Crippen molar-refractivity contribution in [2.24, 2.45) is 0 Å². The molecule has 0 radical (unpaired) electrons. The van der Waals surface area contributed by atoms with Crippen LogP contribution in [0.4, 0.5) is 0 Å². The molecule has 2 aromatic rings. The van der Waals surface area contributed by atoms with Crippen LogP contribution in [0.15, 0.2) is 48.8 Å². The number of likely N-dealkylation sites (tertiary alicyclic amines) is 1. The van der Waals surface area contributed by atoms with Crippen LogP contribution in [0.1, 0.15) is 47.7 Å². The molecule has 2 aliphatic heterocycles. The Morgan fingerprint density at radius 2 is 1.87 bits per heavy atom. The minimum atomic E-state index is -0.785. The van der Waals surface area contributed by atoms with Gasteiger partial charge in [-0.15, -0.1) is 0 Å². The number of hydrogen-bond acceptors (Lipinski definition) is 5. The molecule has 0 bridgehead atoms. The van der Waals surface area contributed by atoms with E-state index in [4.69, 9.17) is 4.74 Å². The first-order valence-electron chi connectivity index (χ1n) is 10.7. The Kier molecular flexibility index (Phi) is 6.13. The van der Waals surface area contributed by atoms with E-state index in [9.17, 15) is 14.4 Å². The zero-order valence-corrected chi connectivity index (χ0v) is 17.8. The van der Waals surface area contributed by atoms with E-state index in [0.717, 1.165) is 11.1 Å². The molecule has 162 valence electrons. The van der Waals surface area contributed by atoms with E-state index in [0.29, 0.717) is 30.9 Å². The highest BCUT2D eigenvalue weighted by atomic mass is 16.5. The number of aromatic nitrogens is 1. The molecule has 4 rings (SSSR count). The minimum absolute atomic E-state index is 0.0443. The molecule has 1 N–H and O–H groups in total. The summed E-state index contributed by atoms with van der Waals surface area (Å²) < 4.78 is 5.51. The van der Waals surface area contributed by atoms with Crippen LogP contribution < -0.4 is 5.32 Å². The molecule has 3 atom stereocenters. The maximum absolute atomic E-state index is 13.4. The van der Waals surface area contributed by atoms with Crippen molar-refractivity contribution in [3.63, 3.8) is 0 Å². The topological polar surface area (TPSA) is 88.6 Å². The third-order valence-electron chi connectivity index (χ3n) is 6.03. The van der Waals surface area contributed by atoms with Crippen molar-refractivity contribution in [1.29, 1.82) is 0 Å². The molecule has 3 heterocycles. The lowest BCUT2D eigenvalue weighted by molar-refractivity contribution is -0.138. The van der Waals surface area contributed by atoms with Crippen molar-refractivity contribution in [2.75, 3.05) is 13.2 Å². The molecule has 0 saturated carbocycles. The third kappa shape index (κ3) is 4.51. The molecule has 2 amide bonds. The Balaban J connectivity index is 1.54. The standard InChI is InChI=1S/C24H27N3O4/c1-15(2)17-3-5-18(6-4-17)23(29)26-19(13-16-7-10-25-11-8-16)24(30)27-12-9-21-22(27)20(28)14-31-21/h3-8,10-11,15,19,21-22H,9,12-14H2,1-2H3,(H,26,29). The normalized spacial score (nSPS) is 21.3. The fraction of sp³-hybridized carbons (Fsp3) is 0.417. The molecule has 7 nitrogen and oxygen atoms in total. The zero-order valence-electron chi connectivity index (χ0n) is 17.8. The van der Waals surface area contributed by atoms with Crippen molar-refractivity contribution >= 4 is 17.6 Å². The highest BCUT2D eigenvalue weighted by Gasteiger charge is 2.48. The number of pyridine rings is 1. The first-order valence-corrected chi connectivity index (χ1v) is 10.7. The maximum Gasteiger partial charge on any atom is 0.251 e. The van der Waals surface area contributed by atoms with Crippen LogP contribution in [0.2, 0.25) is 0 Å². The largest absolute Gasteiger partial charge is 0.368 e. The van der Waals surface area contributed by atoms with Gasteiger partial charge in [-0.1, -0.05) is 26.0 Å². The van der Waals surface area contributed by atoms with E-state index in [1.54, 1.807) is 29.4 Å². The average molecular weight is 421 g/mol. The van der Waals surface area contributed by atoms with Crippen LogP contribution in [0.3, 0.4) is 0 Å². The molecule has 0 aliphatic carbocycles. The van der Waals surface area contributed by atoms with Gasteiger partial charge in [0.1, 0.15) is 18.7 Å². The molecular weight excluding hydrogens is 394 g/mol. The van der Waals surface area contributed by atoms with Gasteiger partial charge < -0.3 is 15.0 Å². The molecule has 1 aromatic carbocycles. The molecule has 2 saturated heterocycles. The number of nitrogens with one attached hydrogen (secondary N) is 1. The fourth-order valence-corrected chi connectivity index (χ4v) is 4.26. The van der Waals surface area contributed by atoms with Gasteiger partial charge in [0.2, 0.25) is 5.91 Å². The molecule has 31 heavy (non-hydrogen) atoms. The van der Waals surface area contributed by atoms with Gasteiger partial charge in [0, 0.05) is 30.9 Å². The predicted octanol–water partition coefficient (Wildman–Crippen LogP) is 2.11. The van der Waals surface area contributed by atoms with Crippen LogP contribution in [0.25, 0.3) is 0 Å². The highest BCUT2D eigenvalue weighted by molar-refractivity contribution is 5.99. The van der Waals surface area contributed by atoms with Crippen molar-refractivity contribution in [3.8, 4) is 0 Å². The lowest BCUT2D eigenvalue weighted by Gasteiger charge is -2.27. The highest BCUT2D eigenvalue weighted by Crippen LogP contribution is 2.28. The second-order valence-corrected chi connectivity index (χ2v) is 8.44. The smallest absolute Gasteiger partial charge is 0.251 e. The molecular formula is C24H27N3O4. The minimum Gasteiger partial charge on any atom is -0.368 e. The zero-order chi connectivity index (χ0) is 22.0. The molecule has 3 unspecified atom stereocenters. The summed E-state index contributed by atoms with van der Waals surface area (Å²) in [6.07, 6.45) is 4.03. The number of ketones is 1. The van der Waals surface area contributed by atoms with E-state index >= 15 is 0 Å². The number of amides is 2. The van der Waals surface area contributed by atoms with Gasteiger partial charge in [0.25, 0.3) is 5.91 Å². The number of ether oxygens (including phenoxy) is 1. The second-order valence-electron chi connectivity index (χ2n) is 8.44. The Morgan fingerprint density at radius 3 is 2.55 bits per heavy atom. The van der Waals surface area contributed by atoms with Gasteiger partial charge in [-0.05, 0) is 47.7 Å². The van der Waals surface area contributed by atoms with Gasteiger partial charge in [-0.3, -0.25) is 19.4 Å². The number of rotatable bonds is 6. The monoisotopic (exact) mass is 421 g/mol. The number of nitrogens with zero attached hydrogens (tertiary/aromatic N) is 2. The van der Waals surface area contributed by atoms with E-state index in [2.05, 4.69) is 24.1 Å². The fourth-order valence-electron chi connectivity index (χ4n) is 4.26. The maximum atomic E-state index is 13.4. The Morgan fingerprint density at radius 1 is 1.16 bits per heavy atom. The molecule has 2 aliphatic rings. The molecule has 1 aromatic heterocycles. The summed E-state index contributed by atoms with van der Waals surface area (Å²) in [6, 6.07) is 9.72. The van der Waals surface area contributed by atoms with Gasteiger partial charge in [0.05, 0.1) is 6.10 Å². The van der Waals surface area contributed by atoms with Crippen molar-refractivity contribution in [1.82, 2.24) is 15.2 Å². The van der Waals surface area contributed by atoms with Gasteiger partial charge in [0.15, 0.2) is 5.78 Å². The van der Waals surface area contributed by atoms with Crippen LogP contribution in [-0.2, 0) is 20.7 Å². The molecule has 7 heteroatoms. The van der Waals surface area contributed by atoms with Crippen LogP contribution in [-0.4, -0.2) is 58.8 Å². The number of fused-ring (bicyclic) bond motifs is 1. The number of benzene rings is 1. The number of carbonyl (C=O) groups excluding carboxylic acids is 3. The van der Waals surface area contributed by atoms with E-state index < -0.39 is 12.1 Å². The summed E-state index contributed by atoms with van der Waals surface area (Å²) in [5.41, 5.74) is 2.52. The van der Waals surface area contributed by atoms with E-state index in [1.165, 1.54) is 0 Å².